The molecule has 0 radical (unpaired) electrons. The largest absolute Gasteiger partial charge is 0.497 e. The van der Waals surface area contributed by atoms with Crippen molar-refractivity contribution in [2.24, 2.45) is 0 Å². The van der Waals surface area contributed by atoms with Gasteiger partial charge in [0.05, 0.1) is 19.6 Å². The Morgan fingerprint density at radius 3 is 2.95 bits per heavy atom. The van der Waals surface area contributed by atoms with E-state index >= 15 is 0 Å². The molecular formula is C17H18N2O3. The zero-order chi connectivity index (χ0) is 15.4. The van der Waals surface area contributed by atoms with Crippen LogP contribution in [0.25, 0.3) is 0 Å². The lowest BCUT2D eigenvalue weighted by atomic mass is 10.0. The van der Waals surface area contributed by atoms with Gasteiger partial charge in [0.1, 0.15) is 18.1 Å². The standard InChI is InChI=1S/C17H18N2O3/c1-21-15-3-2-13-9-14(11-22-16(13)10-15)19-17(20)8-12-4-6-18-7-5-12/h2-7,10,14H,8-9,11H2,1H3,(H,19,20)/t14-/m1/s1. The summed E-state index contributed by atoms with van der Waals surface area (Å²) in [5.41, 5.74) is 2.04. The second kappa shape index (κ2) is 6.47. The highest BCUT2D eigenvalue weighted by atomic mass is 16.5. The fourth-order valence-corrected chi connectivity index (χ4v) is 2.54. The molecule has 114 valence electrons. The molecule has 1 aliphatic rings. The van der Waals surface area contributed by atoms with Gasteiger partial charge in [-0.05, 0) is 35.7 Å². The first kappa shape index (κ1) is 14.4. The molecule has 1 aliphatic heterocycles. The molecule has 1 amide bonds. The molecule has 0 saturated heterocycles. The van der Waals surface area contributed by atoms with Gasteiger partial charge in [0.2, 0.25) is 5.91 Å². The normalized spacial score (nSPS) is 16.3. The highest BCUT2D eigenvalue weighted by Gasteiger charge is 2.21. The number of fused-ring (bicyclic) bond motifs is 1. The topological polar surface area (TPSA) is 60.5 Å². The molecule has 1 aromatic carbocycles. The van der Waals surface area contributed by atoms with Crippen molar-refractivity contribution in [3.8, 4) is 11.5 Å². The lowest BCUT2D eigenvalue weighted by Gasteiger charge is -2.26. The molecule has 1 atom stereocenters. The molecule has 0 bridgehead atoms. The maximum absolute atomic E-state index is 12.1. The summed E-state index contributed by atoms with van der Waals surface area (Å²) < 4.78 is 10.9. The number of ether oxygens (including phenoxy) is 2. The SMILES string of the molecule is COc1ccc2c(c1)OC[C@H](NC(=O)Cc1ccncc1)C2. The van der Waals surface area contributed by atoms with Crippen LogP contribution in [-0.4, -0.2) is 30.6 Å². The van der Waals surface area contributed by atoms with Crippen LogP contribution in [-0.2, 0) is 17.6 Å². The maximum atomic E-state index is 12.1. The van der Waals surface area contributed by atoms with Crippen molar-refractivity contribution in [2.45, 2.75) is 18.9 Å². The van der Waals surface area contributed by atoms with E-state index in [4.69, 9.17) is 9.47 Å². The minimum atomic E-state index is -0.00441. The quantitative estimate of drug-likeness (QED) is 0.934. The predicted molar refractivity (Wildman–Crippen MR) is 82.1 cm³/mol. The van der Waals surface area contributed by atoms with E-state index in [1.807, 2.05) is 30.3 Å². The van der Waals surface area contributed by atoms with Gasteiger partial charge in [-0.25, -0.2) is 0 Å². The van der Waals surface area contributed by atoms with Gasteiger partial charge in [-0.15, -0.1) is 0 Å². The Morgan fingerprint density at radius 2 is 2.18 bits per heavy atom. The van der Waals surface area contributed by atoms with Crippen molar-refractivity contribution in [2.75, 3.05) is 13.7 Å². The van der Waals surface area contributed by atoms with Crippen LogP contribution < -0.4 is 14.8 Å². The van der Waals surface area contributed by atoms with E-state index in [0.717, 1.165) is 29.0 Å². The summed E-state index contributed by atoms with van der Waals surface area (Å²) in [6.07, 6.45) is 4.50. The summed E-state index contributed by atoms with van der Waals surface area (Å²) in [4.78, 5) is 16.0. The van der Waals surface area contributed by atoms with Crippen molar-refractivity contribution in [1.82, 2.24) is 10.3 Å². The zero-order valence-electron chi connectivity index (χ0n) is 12.4. The molecule has 22 heavy (non-hydrogen) atoms. The predicted octanol–water partition coefficient (Wildman–Crippen LogP) is 1.75. The molecule has 0 spiro atoms. The van der Waals surface area contributed by atoms with Crippen LogP contribution in [0.15, 0.2) is 42.7 Å². The van der Waals surface area contributed by atoms with Crippen molar-refractivity contribution in [1.29, 1.82) is 0 Å². The Hall–Kier alpha value is -2.56. The Bertz CT molecular complexity index is 658. The Kier molecular flexibility index (Phi) is 4.23. The second-order valence-electron chi connectivity index (χ2n) is 5.29. The number of amides is 1. The van der Waals surface area contributed by atoms with Crippen LogP contribution in [0.1, 0.15) is 11.1 Å². The van der Waals surface area contributed by atoms with Crippen molar-refractivity contribution in [3.05, 3.63) is 53.9 Å². The maximum Gasteiger partial charge on any atom is 0.224 e. The minimum absolute atomic E-state index is 0.00300. The van der Waals surface area contributed by atoms with Gasteiger partial charge in [0, 0.05) is 18.5 Å². The van der Waals surface area contributed by atoms with E-state index in [0.29, 0.717) is 13.0 Å². The lowest BCUT2D eigenvalue weighted by molar-refractivity contribution is -0.121. The van der Waals surface area contributed by atoms with E-state index in [1.165, 1.54) is 0 Å². The van der Waals surface area contributed by atoms with Gasteiger partial charge in [0.15, 0.2) is 0 Å². The highest BCUT2D eigenvalue weighted by molar-refractivity contribution is 5.78. The van der Waals surface area contributed by atoms with Gasteiger partial charge in [-0.1, -0.05) is 6.07 Å². The van der Waals surface area contributed by atoms with Crippen LogP contribution in [0.5, 0.6) is 11.5 Å². The van der Waals surface area contributed by atoms with Gasteiger partial charge < -0.3 is 14.8 Å². The van der Waals surface area contributed by atoms with E-state index in [1.54, 1.807) is 19.5 Å². The summed E-state index contributed by atoms with van der Waals surface area (Å²) in [6, 6.07) is 9.45. The van der Waals surface area contributed by atoms with E-state index < -0.39 is 0 Å². The number of hydrogen-bond acceptors (Lipinski definition) is 4. The third kappa shape index (κ3) is 3.36. The van der Waals surface area contributed by atoms with Crippen LogP contribution in [0.3, 0.4) is 0 Å². The zero-order valence-corrected chi connectivity index (χ0v) is 12.4. The molecule has 0 saturated carbocycles. The fraction of sp³-hybridized carbons (Fsp3) is 0.294. The van der Waals surface area contributed by atoms with E-state index in [9.17, 15) is 4.79 Å². The van der Waals surface area contributed by atoms with Crippen LogP contribution in [0, 0.1) is 0 Å². The summed E-state index contributed by atoms with van der Waals surface area (Å²) in [5.74, 6) is 1.61. The molecule has 0 unspecified atom stereocenters. The Labute approximate surface area is 129 Å². The molecular weight excluding hydrogens is 280 g/mol. The number of nitrogens with zero attached hydrogens (tertiary/aromatic N) is 1. The summed E-state index contributed by atoms with van der Waals surface area (Å²) >= 11 is 0. The number of nitrogens with one attached hydrogen (secondary N) is 1. The first-order valence-electron chi connectivity index (χ1n) is 7.22. The molecule has 1 N–H and O–H groups in total. The summed E-state index contributed by atoms with van der Waals surface area (Å²) in [5, 5.41) is 3.02. The van der Waals surface area contributed by atoms with Gasteiger partial charge in [-0.3, -0.25) is 9.78 Å². The molecule has 0 fully saturated rings. The average molecular weight is 298 g/mol. The molecule has 0 aliphatic carbocycles. The lowest BCUT2D eigenvalue weighted by Crippen LogP contribution is -2.43. The number of methoxy groups -OCH3 is 1. The minimum Gasteiger partial charge on any atom is -0.497 e. The number of aromatic nitrogens is 1. The smallest absolute Gasteiger partial charge is 0.224 e. The average Bonchev–Trinajstić information content (AvgIpc) is 2.55. The molecule has 5 nitrogen and oxygen atoms in total. The van der Waals surface area contributed by atoms with Crippen molar-refractivity contribution in [3.63, 3.8) is 0 Å². The first-order chi connectivity index (χ1) is 10.7. The number of pyridine rings is 1. The van der Waals surface area contributed by atoms with E-state index in [2.05, 4.69) is 10.3 Å². The van der Waals surface area contributed by atoms with Crippen molar-refractivity contribution < 1.29 is 14.3 Å². The summed E-state index contributed by atoms with van der Waals surface area (Å²) in [6.45, 7) is 0.474. The monoisotopic (exact) mass is 298 g/mol. The number of hydrogen-bond donors (Lipinski definition) is 1. The number of benzene rings is 1. The van der Waals surface area contributed by atoms with Crippen LogP contribution >= 0.6 is 0 Å². The van der Waals surface area contributed by atoms with E-state index in [-0.39, 0.29) is 11.9 Å². The fourth-order valence-electron chi connectivity index (χ4n) is 2.54. The van der Waals surface area contributed by atoms with Gasteiger partial charge in [-0.2, -0.15) is 0 Å². The Balaban J connectivity index is 1.59. The Morgan fingerprint density at radius 1 is 1.36 bits per heavy atom. The number of rotatable bonds is 4. The molecule has 2 heterocycles. The third-order valence-electron chi connectivity index (χ3n) is 3.66. The number of carbonyl (C=O) groups is 1. The van der Waals surface area contributed by atoms with Gasteiger partial charge >= 0.3 is 0 Å². The highest BCUT2D eigenvalue weighted by Crippen LogP contribution is 2.29. The van der Waals surface area contributed by atoms with Crippen LogP contribution in [0.2, 0.25) is 0 Å². The molecule has 3 rings (SSSR count). The molecule has 1 aromatic heterocycles. The number of carbonyl (C=O) groups excluding carboxylic acids is 1. The molecule has 2 aromatic rings. The third-order valence-corrected chi connectivity index (χ3v) is 3.66. The van der Waals surface area contributed by atoms with Crippen LogP contribution in [0.4, 0.5) is 0 Å². The summed E-state index contributed by atoms with van der Waals surface area (Å²) in [7, 11) is 1.63. The molecule has 5 heteroatoms. The van der Waals surface area contributed by atoms with Gasteiger partial charge in [0.25, 0.3) is 0 Å². The first-order valence-corrected chi connectivity index (χ1v) is 7.22. The second-order valence-corrected chi connectivity index (χ2v) is 5.29. The van der Waals surface area contributed by atoms with Crippen molar-refractivity contribution >= 4 is 5.91 Å².